The zero-order chi connectivity index (χ0) is 56.0. The minimum absolute atomic E-state index is 0.106. The second-order valence-electron chi connectivity index (χ2n) is 17.4. The molecule has 0 spiro atoms. The molecule has 0 N–H and O–H groups in total. The van der Waals surface area contributed by atoms with E-state index in [1.807, 2.05) is 34.9 Å². The predicted octanol–water partition coefficient (Wildman–Crippen LogP) is 9.35. The van der Waals surface area contributed by atoms with Crippen molar-refractivity contribution in [2.75, 3.05) is 0 Å². The maximum Gasteiger partial charge on any atom is 0.346 e. The average molecular weight is 1080 g/mol. The third kappa shape index (κ3) is 10.4. The largest absolute Gasteiger partial charge is 0.456 e. The van der Waals surface area contributed by atoms with Gasteiger partial charge in [0.1, 0.15) is 63.9 Å². The highest BCUT2D eigenvalue weighted by Crippen LogP contribution is 2.31. The first-order valence-corrected chi connectivity index (χ1v) is 20.4. The van der Waals surface area contributed by atoms with Crippen LogP contribution in [0.1, 0.15) is 47.1 Å². The summed E-state index contributed by atoms with van der Waals surface area (Å²) in [6.45, 7) is 10.8. The highest BCUT2D eigenvalue weighted by molar-refractivity contribution is 7.20. The molecule has 0 aliphatic rings. The number of rotatable bonds is 9. The van der Waals surface area contributed by atoms with Crippen molar-refractivity contribution in [2.45, 2.75) is 59.3 Å². The molecule has 0 amide bonds. The molecule has 27 heteroatoms. The van der Waals surface area contributed by atoms with Crippen LogP contribution >= 0.6 is 0 Å². The summed E-state index contributed by atoms with van der Waals surface area (Å²) in [5.74, 6) is -72.8. The van der Waals surface area contributed by atoms with Gasteiger partial charge in [-0.25, -0.2) is 97.4 Å². The number of aromatic nitrogens is 2. The molecule has 6 aromatic rings. The van der Waals surface area contributed by atoms with Crippen molar-refractivity contribution >= 4 is 45.5 Å². The van der Waals surface area contributed by atoms with Gasteiger partial charge in [0.05, 0.1) is 12.4 Å². The Morgan fingerprint density at radius 3 is 0.905 bits per heavy atom. The van der Waals surface area contributed by atoms with Crippen LogP contribution in [0.25, 0.3) is 5.57 Å². The molecule has 0 fully saturated rings. The van der Waals surface area contributed by atoms with E-state index in [9.17, 15) is 62.3 Å². The summed E-state index contributed by atoms with van der Waals surface area (Å²) in [4.78, 5) is 30.2. The van der Waals surface area contributed by atoms with Crippen LogP contribution in [0.15, 0.2) is 60.7 Å². The zero-order valence-corrected chi connectivity index (χ0v) is 38.1. The number of nitrogens with zero attached hydrogens (tertiary/aromatic N) is 2. The molecule has 0 atom stereocenters. The lowest BCUT2D eigenvalue weighted by Crippen LogP contribution is -2.81. The smallest absolute Gasteiger partial charge is 0.346 e. The first-order valence-electron chi connectivity index (χ1n) is 20.4. The highest BCUT2D eigenvalue weighted by atomic mass is 19.2. The first kappa shape index (κ1) is 57.4. The molecule has 0 saturated carbocycles. The molecular weight excluding hydrogens is 1050 g/mol. The Hall–Kier alpha value is -7.48. The fraction of sp³-hybridized carbons (Fsp3) is 0.191. The van der Waals surface area contributed by atoms with E-state index in [1.165, 1.54) is 0 Å². The molecule has 1 heterocycles. The zero-order valence-electron chi connectivity index (χ0n) is 38.1. The molecule has 394 valence electrons. The second kappa shape index (κ2) is 21.2. The third-order valence-electron chi connectivity index (χ3n) is 10.4. The van der Waals surface area contributed by atoms with Crippen LogP contribution in [0.2, 0.25) is 0 Å². The van der Waals surface area contributed by atoms with E-state index in [0.717, 1.165) is 5.56 Å². The van der Waals surface area contributed by atoms with E-state index in [0.29, 0.717) is 5.57 Å². The number of ether oxygens (including phenoxy) is 2. The number of carbonyl (C=O) groups is 2. The summed E-state index contributed by atoms with van der Waals surface area (Å²) in [6.07, 6.45) is -0.396. The molecule has 5 aromatic carbocycles. The summed E-state index contributed by atoms with van der Waals surface area (Å²) in [5.41, 5.74) is -14.7. The quantitative estimate of drug-likeness (QED) is 0.0166. The monoisotopic (exact) mass is 1080 g/mol. The Morgan fingerprint density at radius 1 is 0.419 bits per heavy atom. The van der Waals surface area contributed by atoms with Gasteiger partial charge in [-0.2, -0.15) is 4.57 Å². The van der Waals surface area contributed by atoms with Crippen molar-refractivity contribution < 1.29 is 111 Å². The Morgan fingerprint density at radius 2 is 0.662 bits per heavy atom. The van der Waals surface area contributed by atoms with Gasteiger partial charge in [0.2, 0.25) is 0 Å². The van der Waals surface area contributed by atoms with Crippen LogP contribution in [0, 0.1) is 116 Å². The minimum atomic E-state index is -7.22. The van der Waals surface area contributed by atoms with Crippen LogP contribution in [-0.4, -0.2) is 34.3 Å². The highest BCUT2D eigenvalue weighted by Gasteiger charge is 2.52. The molecule has 0 radical (unpaired) electrons. The number of hydrogen-bond acceptors (Lipinski definition) is 5. The van der Waals surface area contributed by atoms with E-state index >= 15 is 35.1 Å². The topological polar surface area (TPSA) is 69.4 Å². The summed E-state index contributed by atoms with van der Waals surface area (Å²) >= 11 is 0. The number of hydrogen-bond donors (Lipinski definition) is 0. The fourth-order valence-corrected chi connectivity index (χ4v) is 7.45. The van der Waals surface area contributed by atoms with E-state index in [4.69, 9.17) is 9.47 Å². The third-order valence-corrected chi connectivity index (χ3v) is 10.4. The van der Waals surface area contributed by atoms with E-state index in [1.54, 1.807) is 66.3 Å². The Bertz CT molecular complexity index is 2840. The van der Waals surface area contributed by atoms with Gasteiger partial charge in [-0.15, -0.1) is 21.9 Å². The van der Waals surface area contributed by atoms with Crippen LogP contribution in [0.5, 0.6) is 0 Å². The fourth-order valence-electron chi connectivity index (χ4n) is 7.45. The summed E-state index contributed by atoms with van der Waals surface area (Å²) in [6, 6.07) is 9.29. The molecule has 74 heavy (non-hydrogen) atoms. The van der Waals surface area contributed by atoms with Crippen LogP contribution in [-0.2, 0) is 25.6 Å². The lowest BCUT2D eigenvalue weighted by Gasteiger charge is -2.44. The molecule has 6 nitrogen and oxygen atoms in total. The number of halogens is 20. The van der Waals surface area contributed by atoms with Crippen molar-refractivity contribution in [3.05, 3.63) is 183 Å². The number of esters is 2. The first-order chi connectivity index (χ1) is 34.2. The van der Waals surface area contributed by atoms with Gasteiger partial charge >= 0.3 is 11.9 Å². The van der Waals surface area contributed by atoms with E-state index in [-0.39, 0.29) is 12.1 Å². The second-order valence-corrected chi connectivity index (χ2v) is 17.4. The maximum absolute atomic E-state index is 15.4. The molecule has 0 saturated heterocycles. The lowest BCUT2D eigenvalue weighted by atomic mass is 9.12. The van der Waals surface area contributed by atoms with Gasteiger partial charge in [0, 0.05) is 5.57 Å². The van der Waals surface area contributed by atoms with Crippen LogP contribution in [0.4, 0.5) is 87.8 Å². The molecular formula is C47H29BF20N2O4. The molecule has 1 aromatic heterocycles. The van der Waals surface area contributed by atoms with Crippen LogP contribution < -0.4 is 26.4 Å². The van der Waals surface area contributed by atoms with Crippen LogP contribution in [0.3, 0.4) is 0 Å². The number of allylic oxidation sites excluding steroid dienone is 1. The van der Waals surface area contributed by atoms with Gasteiger partial charge in [-0.1, -0.05) is 30.3 Å². The Kier molecular flexibility index (Phi) is 16.4. The van der Waals surface area contributed by atoms with Gasteiger partial charge in [-0.3, -0.25) is 4.98 Å². The summed E-state index contributed by atoms with van der Waals surface area (Å²) < 4.78 is 307. The van der Waals surface area contributed by atoms with E-state index < -0.39 is 167 Å². The normalized spacial score (nSPS) is 11.8. The van der Waals surface area contributed by atoms with Gasteiger partial charge in [0.25, 0.3) is 0 Å². The molecule has 0 unspecified atom stereocenters. The molecule has 0 aliphatic carbocycles. The molecule has 0 bridgehead atoms. The van der Waals surface area contributed by atoms with E-state index in [2.05, 4.69) is 4.98 Å². The Labute approximate surface area is 403 Å². The van der Waals surface area contributed by atoms with Crippen molar-refractivity contribution in [2.24, 2.45) is 0 Å². The predicted molar refractivity (Wildman–Crippen MR) is 219 cm³/mol. The van der Waals surface area contributed by atoms with Crippen molar-refractivity contribution in [1.29, 1.82) is 0 Å². The Balaban J connectivity index is 0.000000302. The SMILES string of the molecule is CC(C)(C)OC(=O)C(C(=O)OC(C)(C)C)=C(C[n+]1ccncc1)c1ccccc1.Fc1c(F)c(F)c([B-](c2c(F)c(F)c(F)c(F)c2F)(c2c(F)c(F)c(F)c(F)c2F)c2c(F)c(F)c(F)c(F)c2F)c(F)c1F. The lowest BCUT2D eigenvalue weighted by molar-refractivity contribution is -0.684. The maximum atomic E-state index is 15.4. The average Bonchev–Trinajstić information content (AvgIpc) is 3.33. The molecule has 6 rings (SSSR count). The minimum Gasteiger partial charge on any atom is -0.456 e. The number of benzene rings is 5. The van der Waals surface area contributed by atoms with Crippen molar-refractivity contribution in [1.82, 2.24) is 4.98 Å². The van der Waals surface area contributed by atoms with Gasteiger partial charge in [-0.05, 0) is 47.1 Å². The molecule has 0 aliphatic heterocycles. The summed E-state index contributed by atoms with van der Waals surface area (Å²) in [7, 11) is 0. The summed E-state index contributed by atoms with van der Waals surface area (Å²) in [5, 5.41) is 0. The van der Waals surface area contributed by atoms with Crippen molar-refractivity contribution in [3.63, 3.8) is 0 Å². The number of carbonyl (C=O) groups excluding carboxylic acids is 2. The van der Waals surface area contributed by atoms with Gasteiger partial charge in [0.15, 0.2) is 94.3 Å². The van der Waals surface area contributed by atoms with Crippen molar-refractivity contribution in [3.8, 4) is 0 Å². The van der Waals surface area contributed by atoms with Gasteiger partial charge < -0.3 is 9.47 Å². The standard InChI is InChI=1S/C24BF20.C23H29N2O4/c26-5-1(6(27)14(35)21(42)13(5)34)25(2-7(28)15(36)22(43)16(37)8(2)29,3-9(30)17(38)23(44)18(39)10(3)31)4-11(32)19(40)24(45)20(41)12(4)33;1-22(2,3)28-20(26)19(21(27)29-23(4,5)6)18(17-10-8-7-9-11-17)16-25-14-12-24-13-15-25/h;7-15H,16H2,1-6H3/q-1;+1.